The Morgan fingerprint density at radius 2 is 2.08 bits per heavy atom. The van der Waals surface area contributed by atoms with E-state index in [1.165, 1.54) is 0 Å². The molecule has 0 unspecified atom stereocenters. The van der Waals surface area contributed by atoms with Crippen LogP contribution in [0.15, 0.2) is 48.4 Å². The van der Waals surface area contributed by atoms with Crippen LogP contribution in [0.25, 0.3) is 6.08 Å². The highest BCUT2D eigenvalue weighted by Crippen LogP contribution is 2.25. The highest BCUT2D eigenvalue weighted by molar-refractivity contribution is 6.01. The first kappa shape index (κ1) is 17.5. The van der Waals surface area contributed by atoms with E-state index in [0.717, 1.165) is 28.1 Å². The Labute approximate surface area is 141 Å². The highest BCUT2D eigenvalue weighted by Gasteiger charge is 2.22. The van der Waals surface area contributed by atoms with Crippen LogP contribution < -0.4 is 5.32 Å². The number of aryl methyl sites for hydroxylation is 1. The van der Waals surface area contributed by atoms with Crippen molar-refractivity contribution in [2.24, 2.45) is 0 Å². The van der Waals surface area contributed by atoms with Gasteiger partial charge in [-0.2, -0.15) is 0 Å². The summed E-state index contributed by atoms with van der Waals surface area (Å²) in [5, 5.41) is 2.84. The number of amides is 1. The van der Waals surface area contributed by atoms with E-state index in [9.17, 15) is 9.59 Å². The standard InChI is InChI=1S/C19H22N2O3/c1-5-9-24-18(22)8-7-14-11-20-16(12(14)3)10-17-15(6-2)13(4)19(23)21-17/h5-6,10-11,20H,1-2,7-9H2,3-4H3,(H,21,23)/b17-10+. The lowest BCUT2D eigenvalue weighted by Gasteiger charge is -2.03. The van der Waals surface area contributed by atoms with Crippen LogP contribution in [-0.2, 0) is 20.7 Å². The predicted molar refractivity (Wildman–Crippen MR) is 94.0 cm³/mol. The summed E-state index contributed by atoms with van der Waals surface area (Å²) in [5.74, 6) is -0.350. The van der Waals surface area contributed by atoms with Crippen molar-refractivity contribution >= 4 is 18.0 Å². The van der Waals surface area contributed by atoms with Crippen molar-refractivity contribution in [1.29, 1.82) is 0 Å². The molecule has 0 radical (unpaired) electrons. The fraction of sp³-hybridized carbons (Fsp3) is 0.263. The highest BCUT2D eigenvalue weighted by atomic mass is 16.5. The van der Waals surface area contributed by atoms with Crippen LogP contribution in [0, 0.1) is 6.92 Å². The van der Waals surface area contributed by atoms with Gasteiger partial charge in [0.05, 0.1) is 5.70 Å². The molecule has 2 rings (SSSR count). The molecule has 0 bridgehead atoms. The van der Waals surface area contributed by atoms with Crippen LogP contribution in [0.5, 0.6) is 0 Å². The van der Waals surface area contributed by atoms with E-state index in [1.807, 2.05) is 19.2 Å². The van der Waals surface area contributed by atoms with Crippen LogP contribution in [0.1, 0.15) is 30.2 Å². The average Bonchev–Trinajstić information content (AvgIpc) is 3.04. The third kappa shape index (κ3) is 3.74. The molecule has 1 aromatic heterocycles. The van der Waals surface area contributed by atoms with Crippen LogP contribution in [0.2, 0.25) is 0 Å². The number of H-pyrrole nitrogens is 1. The molecule has 1 amide bonds. The molecule has 2 N–H and O–H groups in total. The summed E-state index contributed by atoms with van der Waals surface area (Å²) in [6.45, 7) is 11.3. The Hall–Kier alpha value is -2.82. The second kappa shape index (κ2) is 7.64. The Kier molecular flexibility index (Phi) is 5.58. The molecule has 5 heteroatoms. The minimum atomic E-state index is -0.244. The lowest BCUT2D eigenvalue weighted by atomic mass is 10.1. The van der Waals surface area contributed by atoms with E-state index in [1.54, 1.807) is 19.1 Å². The van der Waals surface area contributed by atoms with E-state index in [4.69, 9.17) is 4.74 Å². The first-order chi connectivity index (χ1) is 11.5. The van der Waals surface area contributed by atoms with Crippen molar-refractivity contribution in [3.63, 3.8) is 0 Å². The molecule has 2 heterocycles. The van der Waals surface area contributed by atoms with Crippen LogP contribution in [0.3, 0.4) is 0 Å². The minimum Gasteiger partial charge on any atom is -0.461 e. The average molecular weight is 326 g/mol. The van der Waals surface area contributed by atoms with E-state index >= 15 is 0 Å². The first-order valence-corrected chi connectivity index (χ1v) is 7.78. The molecule has 0 aliphatic carbocycles. The molecular weight excluding hydrogens is 304 g/mol. The van der Waals surface area contributed by atoms with Crippen LogP contribution in [0.4, 0.5) is 0 Å². The number of hydrogen-bond donors (Lipinski definition) is 2. The number of allylic oxidation sites excluding steroid dienone is 1. The number of carbonyl (C=O) groups excluding carboxylic acids is 2. The number of carbonyl (C=O) groups is 2. The van der Waals surface area contributed by atoms with Gasteiger partial charge < -0.3 is 15.0 Å². The third-order valence-electron chi connectivity index (χ3n) is 4.02. The molecule has 24 heavy (non-hydrogen) atoms. The lowest BCUT2D eigenvalue weighted by Crippen LogP contribution is -2.15. The molecule has 0 saturated heterocycles. The summed E-state index contributed by atoms with van der Waals surface area (Å²) >= 11 is 0. The minimum absolute atomic E-state index is 0.106. The largest absolute Gasteiger partial charge is 0.461 e. The van der Waals surface area contributed by atoms with Crippen molar-refractivity contribution in [2.45, 2.75) is 26.7 Å². The zero-order valence-electron chi connectivity index (χ0n) is 14.1. The molecule has 1 aliphatic rings. The SMILES string of the molecule is C=CCOC(=O)CCc1c[nH]c(/C=C2/NC(=O)C(C)=C2C=C)c1C. The zero-order chi connectivity index (χ0) is 17.7. The third-order valence-corrected chi connectivity index (χ3v) is 4.02. The first-order valence-electron chi connectivity index (χ1n) is 7.78. The number of aromatic amines is 1. The van der Waals surface area contributed by atoms with Gasteiger partial charge in [0.2, 0.25) is 0 Å². The normalized spacial score (nSPS) is 15.6. The molecular formula is C19H22N2O3. The zero-order valence-corrected chi connectivity index (χ0v) is 14.1. The molecule has 0 atom stereocenters. The molecule has 126 valence electrons. The van der Waals surface area contributed by atoms with Gasteiger partial charge in [-0.05, 0) is 37.5 Å². The summed E-state index contributed by atoms with van der Waals surface area (Å²) in [6, 6.07) is 0. The quantitative estimate of drug-likeness (QED) is 0.598. The monoisotopic (exact) mass is 326 g/mol. The fourth-order valence-corrected chi connectivity index (χ4v) is 2.55. The van der Waals surface area contributed by atoms with E-state index in [-0.39, 0.29) is 18.5 Å². The van der Waals surface area contributed by atoms with Gasteiger partial charge in [-0.25, -0.2) is 0 Å². The van der Waals surface area contributed by atoms with Crippen molar-refractivity contribution in [1.82, 2.24) is 10.3 Å². The Morgan fingerprint density at radius 3 is 2.75 bits per heavy atom. The predicted octanol–water partition coefficient (Wildman–Crippen LogP) is 2.96. The molecule has 0 fully saturated rings. The summed E-state index contributed by atoms with van der Waals surface area (Å²) in [5.41, 5.74) is 5.18. The molecule has 0 saturated carbocycles. The molecule has 5 nitrogen and oxygen atoms in total. The van der Waals surface area contributed by atoms with Gasteiger partial charge in [0, 0.05) is 29.5 Å². The summed E-state index contributed by atoms with van der Waals surface area (Å²) < 4.78 is 4.98. The second-order valence-electron chi connectivity index (χ2n) is 5.58. The maximum atomic E-state index is 11.8. The summed E-state index contributed by atoms with van der Waals surface area (Å²) in [4.78, 5) is 26.5. The maximum absolute atomic E-state index is 11.8. The van der Waals surface area contributed by atoms with Gasteiger partial charge in [-0.15, -0.1) is 0 Å². The topological polar surface area (TPSA) is 71.2 Å². The Morgan fingerprint density at radius 1 is 1.33 bits per heavy atom. The van der Waals surface area contributed by atoms with Gasteiger partial charge in [0.15, 0.2) is 0 Å². The van der Waals surface area contributed by atoms with Crippen molar-refractivity contribution in [3.05, 3.63) is 65.2 Å². The number of esters is 1. The van der Waals surface area contributed by atoms with Crippen molar-refractivity contribution in [2.75, 3.05) is 6.61 Å². The summed E-state index contributed by atoms with van der Waals surface area (Å²) in [7, 11) is 0. The number of aromatic nitrogens is 1. The molecule has 0 spiro atoms. The van der Waals surface area contributed by atoms with Gasteiger partial charge >= 0.3 is 5.97 Å². The van der Waals surface area contributed by atoms with Gasteiger partial charge in [-0.1, -0.05) is 25.3 Å². The number of ether oxygens (including phenoxy) is 1. The Balaban J connectivity index is 2.12. The van der Waals surface area contributed by atoms with Gasteiger partial charge in [0.25, 0.3) is 5.91 Å². The fourth-order valence-electron chi connectivity index (χ4n) is 2.55. The molecule has 0 aromatic carbocycles. The van der Waals surface area contributed by atoms with Crippen LogP contribution >= 0.6 is 0 Å². The second-order valence-corrected chi connectivity index (χ2v) is 5.58. The van der Waals surface area contributed by atoms with E-state index in [2.05, 4.69) is 23.5 Å². The maximum Gasteiger partial charge on any atom is 0.306 e. The van der Waals surface area contributed by atoms with Crippen LogP contribution in [-0.4, -0.2) is 23.5 Å². The van der Waals surface area contributed by atoms with E-state index in [0.29, 0.717) is 18.4 Å². The summed E-state index contributed by atoms with van der Waals surface area (Å²) in [6.07, 6.45) is 7.90. The van der Waals surface area contributed by atoms with E-state index < -0.39 is 0 Å². The number of nitrogens with one attached hydrogen (secondary N) is 2. The lowest BCUT2D eigenvalue weighted by molar-refractivity contribution is -0.142. The smallest absolute Gasteiger partial charge is 0.306 e. The molecule has 1 aromatic rings. The van der Waals surface area contributed by atoms with Crippen molar-refractivity contribution in [3.8, 4) is 0 Å². The van der Waals surface area contributed by atoms with Crippen molar-refractivity contribution < 1.29 is 14.3 Å². The van der Waals surface area contributed by atoms with Gasteiger partial charge in [-0.3, -0.25) is 9.59 Å². The number of hydrogen-bond acceptors (Lipinski definition) is 3. The molecule has 1 aliphatic heterocycles. The van der Waals surface area contributed by atoms with Gasteiger partial charge in [0.1, 0.15) is 6.61 Å². The Bertz CT molecular complexity index is 751. The number of rotatable bonds is 7.